The second-order valence-electron chi connectivity index (χ2n) is 9.50. The zero-order valence-electron chi connectivity index (χ0n) is 18.1. The van der Waals surface area contributed by atoms with Crippen molar-refractivity contribution >= 4 is 16.8 Å². The van der Waals surface area contributed by atoms with Crippen LogP contribution < -0.4 is 9.47 Å². The van der Waals surface area contributed by atoms with Gasteiger partial charge in [0.15, 0.2) is 11.5 Å². The maximum atomic E-state index is 13.4. The summed E-state index contributed by atoms with van der Waals surface area (Å²) >= 11 is 0. The maximum absolute atomic E-state index is 13.4. The number of imidazole rings is 1. The number of Topliss-reactive ketones (excluding diaryl/α,β-unsaturated/α-hetero) is 1. The molecular formula is C25H30N2O3. The molecule has 30 heavy (non-hydrogen) atoms. The number of hydrogen-bond acceptors (Lipinski definition) is 4. The largest absolute Gasteiger partial charge is 0.454 e. The Morgan fingerprint density at radius 2 is 1.90 bits per heavy atom. The van der Waals surface area contributed by atoms with Crippen molar-refractivity contribution in [1.29, 1.82) is 0 Å². The SMILES string of the molecule is CCn1c(C(C)(C)C)nc2ccc(CC(=O)C3(c4ccc5c(c4)OCO5)CC3)cc21.[HH]. The Labute approximate surface area is 178 Å². The molecule has 0 spiro atoms. The molecule has 0 radical (unpaired) electrons. The Bertz CT molecular complexity index is 1160. The molecule has 0 bridgehead atoms. The third-order valence-electron chi connectivity index (χ3n) is 6.37. The molecule has 1 aromatic heterocycles. The number of aromatic nitrogens is 2. The van der Waals surface area contributed by atoms with Crippen LogP contribution in [0.25, 0.3) is 11.0 Å². The summed E-state index contributed by atoms with van der Waals surface area (Å²) in [6, 6.07) is 12.2. The van der Waals surface area contributed by atoms with Crippen LogP contribution in [0.4, 0.5) is 0 Å². The van der Waals surface area contributed by atoms with E-state index in [1.54, 1.807) is 0 Å². The lowest BCUT2D eigenvalue weighted by atomic mass is 9.87. The number of ether oxygens (including phenoxy) is 2. The van der Waals surface area contributed by atoms with Gasteiger partial charge >= 0.3 is 0 Å². The number of nitrogens with zero attached hydrogens (tertiary/aromatic N) is 2. The van der Waals surface area contributed by atoms with Crippen molar-refractivity contribution in [1.82, 2.24) is 9.55 Å². The number of fused-ring (bicyclic) bond motifs is 2. The van der Waals surface area contributed by atoms with Gasteiger partial charge in [-0.3, -0.25) is 4.79 Å². The zero-order chi connectivity index (χ0) is 21.1. The highest BCUT2D eigenvalue weighted by molar-refractivity contribution is 5.95. The van der Waals surface area contributed by atoms with Crippen molar-refractivity contribution in [3.8, 4) is 11.5 Å². The molecule has 1 fully saturated rings. The van der Waals surface area contributed by atoms with E-state index in [1.807, 2.05) is 18.2 Å². The predicted molar refractivity (Wildman–Crippen MR) is 118 cm³/mol. The van der Waals surface area contributed by atoms with Crippen molar-refractivity contribution in [2.75, 3.05) is 6.79 Å². The first-order chi connectivity index (χ1) is 14.3. The van der Waals surface area contributed by atoms with E-state index in [-0.39, 0.29) is 24.8 Å². The van der Waals surface area contributed by atoms with Crippen LogP contribution in [-0.2, 0) is 28.6 Å². The Morgan fingerprint density at radius 3 is 2.60 bits per heavy atom. The summed E-state index contributed by atoms with van der Waals surface area (Å²) in [6.45, 7) is 9.82. The molecule has 0 saturated heterocycles. The normalized spacial score (nSPS) is 16.8. The van der Waals surface area contributed by atoms with Crippen molar-refractivity contribution in [3.63, 3.8) is 0 Å². The molecule has 5 heteroatoms. The van der Waals surface area contributed by atoms with E-state index in [0.717, 1.165) is 58.9 Å². The van der Waals surface area contributed by atoms with Crippen molar-refractivity contribution in [3.05, 3.63) is 53.3 Å². The molecule has 5 rings (SSSR count). The van der Waals surface area contributed by atoms with Gasteiger partial charge in [-0.25, -0.2) is 4.98 Å². The van der Waals surface area contributed by atoms with Crippen LogP contribution in [0.15, 0.2) is 36.4 Å². The fourth-order valence-corrected chi connectivity index (χ4v) is 4.57. The van der Waals surface area contributed by atoms with E-state index in [4.69, 9.17) is 14.5 Å². The number of rotatable bonds is 5. The van der Waals surface area contributed by atoms with Gasteiger partial charge in [-0.2, -0.15) is 0 Å². The summed E-state index contributed by atoms with van der Waals surface area (Å²) in [7, 11) is 0. The standard InChI is InChI=1S/C25H28N2O3.H2/c1-5-27-19-12-16(6-8-18(19)26-23(27)24(2,3)4)13-22(28)25(10-11-25)17-7-9-20-21(14-17)30-15-29-20;/h6-9,12,14H,5,10-11,13,15H2,1-4H3;1H. The van der Waals surface area contributed by atoms with Gasteiger partial charge in [0.1, 0.15) is 11.6 Å². The molecule has 2 aromatic carbocycles. The summed E-state index contributed by atoms with van der Waals surface area (Å²) in [4.78, 5) is 18.2. The van der Waals surface area contributed by atoms with E-state index < -0.39 is 0 Å². The van der Waals surface area contributed by atoms with Crippen molar-refractivity contribution in [2.45, 2.75) is 64.3 Å². The third-order valence-corrected chi connectivity index (χ3v) is 6.37. The smallest absolute Gasteiger partial charge is 0.231 e. The van der Waals surface area contributed by atoms with E-state index in [9.17, 15) is 4.79 Å². The monoisotopic (exact) mass is 406 g/mol. The Kier molecular flexibility index (Phi) is 4.21. The molecule has 5 nitrogen and oxygen atoms in total. The first kappa shape index (κ1) is 19.2. The molecule has 3 aromatic rings. The van der Waals surface area contributed by atoms with Crippen LogP contribution in [0, 0.1) is 0 Å². The quantitative estimate of drug-likeness (QED) is 0.586. The van der Waals surface area contributed by atoms with Gasteiger partial charge in [-0.1, -0.05) is 32.9 Å². The van der Waals surface area contributed by atoms with Gasteiger partial charge in [-0.15, -0.1) is 0 Å². The summed E-state index contributed by atoms with van der Waals surface area (Å²) in [5, 5.41) is 0. The lowest BCUT2D eigenvalue weighted by molar-refractivity contribution is -0.120. The first-order valence-electron chi connectivity index (χ1n) is 10.7. The van der Waals surface area contributed by atoms with Crippen molar-refractivity contribution in [2.24, 2.45) is 0 Å². The molecule has 0 N–H and O–H groups in total. The fourth-order valence-electron chi connectivity index (χ4n) is 4.57. The Hall–Kier alpha value is -2.82. The number of carbonyl (C=O) groups excluding carboxylic acids is 1. The lowest BCUT2D eigenvalue weighted by Gasteiger charge is -2.19. The average molecular weight is 407 g/mol. The molecule has 1 aliphatic heterocycles. The fraction of sp³-hybridized carbons (Fsp3) is 0.440. The van der Waals surface area contributed by atoms with Gasteiger partial charge in [-0.05, 0) is 55.2 Å². The second-order valence-corrected chi connectivity index (χ2v) is 9.50. The molecular weight excluding hydrogens is 376 g/mol. The lowest BCUT2D eigenvalue weighted by Crippen LogP contribution is -2.22. The first-order valence-corrected chi connectivity index (χ1v) is 10.7. The number of hydrogen-bond donors (Lipinski definition) is 0. The minimum atomic E-state index is -0.377. The molecule has 158 valence electrons. The number of benzene rings is 2. The zero-order valence-corrected chi connectivity index (χ0v) is 18.1. The minimum Gasteiger partial charge on any atom is -0.454 e. The number of aryl methyl sites for hydroxylation is 1. The molecule has 0 unspecified atom stereocenters. The molecule has 1 aliphatic carbocycles. The highest BCUT2D eigenvalue weighted by Crippen LogP contribution is 2.51. The van der Waals surface area contributed by atoms with Crippen LogP contribution in [0.1, 0.15) is 58.9 Å². The highest BCUT2D eigenvalue weighted by Gasteiger charge is 2.50. The second kappa shape index (κ2) is 6.59. The summed E-state index contributed by atoms with van der Waals surface area (Å²) in [6.07, 6.45) is 2.23. The predicted octanol–water partition coefficient (Wildman–Crippen LogP) is 5.17. The summed E-state index contributed by atoms with van der Waals surface area (Å²) < 4.78 is 13.2. The Morgan fingerprint density at radius 1 is 1.13 bits per heavy atom. The van der Waals surface area contributed by atoms with E-state index in [0.29, 0.717) is 6.42 Å². The van der Waals surface area contributed by atoms with Gasteiger partial charge < -0.3 is 14.0 Å². The molecule has 1 saturated carbocycles. The van der Waals surface area contributed by atoms with E-state index >= 15 is 0 Å². The average Bonchev–Trinajstić information content (AvgIpc) is 3.24. The molecule has 0 amide bonds. The third kappa shape index (κ3) is 2.99. The van der Waals surface area contributed by atoms with Crippen LogP contribution in [0.3, 0.4) is 0 Å². The Balaban J connectivity index is 0.00000231. The van der Waals surface area contributed by atoms with Gasteiger partial charge in [0, 0.05) is 19.8 Å². The number of ketones is 1. The van der Waals surface area contributed by atoms with Crippen LogP contribution in [-0.4, -0.2) is 22.1 Å². The number of carbonyl (C=O) groups is 1. The van der Waals surface area contributed by atoms with Gasteiger partial charge in [0.05, 0.1) is 16.4 Å². The molecule has 2 heterocycles. The molecule has 0 atom stereocenters. The topological polar surface area (TPSA) is 53.4 Å². The maximum Gasteiger partial charge on any atom is 0.231 e. The van der Waals surface area contributed by atoms with Gasteiger partial charge in [0.2, 0.25) is 6.79 Å². The van der Waals surface area contributed by atoms with Crippen LogP contribution in [0.2, 0.25) is 0 Å². The van der Waals surface area contributed by atoms with Gasteiger partial charge in [0.25, 0.3) is 0 Å². The van der Waals surface area contributed by atoms with Crippen LogP contribution >= 0.6 is 0 Å². The minimum absolute atomic E-state index is 0. The van der Waals surface area contributed by atoms with Crippen LogP contribution in [0.5, 0.6) is 11.5 Å². The van der Waals surface area contributed by atoms with E-state index in [1.165, 1.54) is 0 Å². The van der Waals surface area contributed by atoms with E-state index in [2.05, 4.69) is 50.5 Å². The summed E-state index contributed by atoms with van der Waals surface area (Å²) in [5.74, 6) is 2.87. The van der Waals surface area contributed by atoms with Crippen molar-refractivity contribution < 1.29 is 15.7 Å². The highest BCUT2D eigenvalue weighted by atomic mass is 16.7. The molecule has 2 aliphatic rings. The summed E-state index contributed by atoms with van der Waals surface area (Å²) in [5.41, 5.74) is 3.80.